The molecule has 1 aliphatic rings. The Morgan fingerprint density at radius 3 is 2.50 bits per heavy atom. The Kier molecular flexibility index (Phi) is 3.06. The van der Waals surface area contributed by atoms with E-state index in [0.717, 1.165) is 24.2 Å². The second-order valence-corrected chi connectivity index (χ2v) is 9.29. The van der Waals surface area contributed by atoms with Crippen LogP contribution in [0.4, 0.5) is 0 Å². The second kappa shape index (κ2) is 3.97. The third-order valence-corrected chi connectivity index (χ3v) is 4.32. The van der Waals surface area contributed by atoms with Gasteiger partial charge in [-0.2, -0.15) is 0 Å². The summed E-state index contributed by atoms with van der Waals surface area (Å²) in [4.78, 5) is 0. The fourth-order valence-electron chi connectivity index (χ4n) is 3.29. The van der Waals surface area contributed by atoms with Gasteiger partial charge in [-0.3, -0.25) is 0 Å². The average Bonchev–Trinajstić information content (AvgIpc) is 2.40. The molecule has 0 fully saturated rings. The van der Waals surface area contributed by atoms with Gasteiger partial charge in [-0.05, 0) is 17.3 Å². The van der Waals surface area contributed by atoms with Gasteiger partial charge in [0.15, 0.2) is 0 Å². The summed E-state index contributed by atoms with van der Waals surface area (Å²) in [6, 6.07) is 0. The zero-order chi connectivity index (χ0) is 13.8. The molecule has 1 aliphatic carbocycles. The second-order valence-electron chi connectivity index (χ2n) is 6.51. The number of nitrogens with zero attached hydrogens (tertiary/aromatic N) is 1. The van der Waals surface area contributed by atoms with E-state index in [0.29, 0.717) is 5.69 Å². The standard InChI is InChI=1S/C12H18ClNO3S/c1-11(2)5-9-10(12(3,4)7-11)8(14-17-9)6-18(13,15)16/h5-7H2,1-4H3. The van der Waals surface area contributed by atoms with E-state index in [4.69, 9.17) is 15.2 Å². The van der Waals surface area contributed by atoms with Gasteiger partial charge < -0.3 is 4.52 Å². The van der Waals surface area contributed by atoms with Crippen molar-refractivity contribution in [1.29, 1.82) is 0 Å². The van der Waals surface area contributed by atoms with Crippen molar-refractivity contribution in [3.05, 3.63) is 17.0 Å². The molecule has 0 aliphatic heterocycles. The van der Waals surface area contributed by atoms with Crippen LogP contribution in [0.5, 0.6) is 0 Å². The van der Waals surface area contributed by atoms with Crippen LogP contribution in [0.1, 0.15) is 51.1 Å². The highest BCUT2D eigenvalue weighted by Crippen LogP contribution is 2.47. The molecule has 1 heterocycles. The topological polar surface area (TPSA) is 60.2 Å². The third kappa shape index (κ3) is 2.72. The lowest BCUT2D eigenvalue weighted by molar-refractivity contribution is 0.203. The first-order valence-corrected chi connectivity index (χ1v) is 8.38. The molecule has 0 saturated carbocycles. The highest BCUT2D eigenvalue weighted by molar-refractivity contribution is 8.13. The number of aromatic nitrogens is 1. The summed E-state index contributed by atoms with van der Waals surface area (Å²) >= 11 is 0. The summed E-state index contributed by atoms with van der Waals surface area (Å²) in [5, 5.41) is 3.91. The number of hydrogen-bond donors (Lipinski definition) is 0. The largest absolute Gasteiger partial charge is 0.361 e. The molecule has 0 unspecified atom stereocenters. The molecule has 1 aromatic rings. The Bertz CT molecular complexity index is 572. The van der Waals surface area contributed by atoms with E-state index in [2.05, 4.69) is 32.9 Å². The van der Waals surface area contributed by atoms with E-state index in [9.17, 15) is 8.42 Å². The Hall–Kier alpha value is -0.550. The van der Waals surface area contributed by atoms with Crippen LogP contribution in [0.15, 0.2) is 4.52 Å². The first-order chi connectivity index (χ1) is 8.00. The van der Waals surface area contributed by atoms with Crippen molar-refractivity contribution in [2.24, 2.45) is 5.41 Å². The van der Waals surface area contributed by atoms with Crippen molar-refractivity contribution in [2.45, 2.75) is 51.7 Å². The molecule has 2 rings (SSSR count). The van der Waals surface area contributed by atoms with Crippen LogP contribution < -0.4 is 0 Å². The van der Waals surface area contributed by atoms with Gasteiger partial charge >= 0.3 is 0 Å². The molecule has 0 N–H and O–H groups in total. The van der Waals surface area contributed by atoms with E-state index in [1.807, 2.05) is 0 Å². The van der Waals surface area contributed by atoms with Crippen LogP contribution in [0.25, 0.3) is 0 Å². The molecule has 0 radical (unpaired) electrons. The fraction of sp³-hybridized carbons (Fsp3) is 0.750. The van der Waals surface area contributed by atoms with Gasteiger partial charge in [0, 0.05) is 22.7 Å². The highest BCUT2D eigenvalue weighted by atomic mass is 35.7. The molecular weight excluding hydrogens is 274 g/mol. The molecule has 6 heteroatoms. The van der Waals surface area contributed by atoms with Crippen LogP contribution in [-0.4, -0.2) is 13.6 Å². The van der Waals surface area contributed by atoms with Crippen LogP contribution in [0, 0.1) is 5.41 Å². The monoisotopic (exact) mass is 291 g/mol. The van der Waals surface area contributed by atoms with E-state index in [-0.39, 0.29) is 16.6 Å². The third-order valence-electron chi connectivity index (χ3n) is 3.38. The van der Waals surface area contributed by atoms with Crippen LogP contribution in [0.3, 0.4) is 0 Å². The molecule has 4 nitrogen and oxygen atoms in total. The van der Waals surface area contributed by atoms with Crippen molar-refractivity contribution in [3.8, 4) is 0 Å². The lowest BCUT2D eigenvalue weighted by atomic mass is 9.64. The normalized spacial score (nSPS) is 21.6. The molecular formula is C12H18ClNO3S. The maximum atomic E-state index is 11.2. The predicted octanol–water partition coefficient (Wildman–Crippen LogP) is 2.99. The van der Waals surface area contributed by atoms with Gasteiger partial charge in [0.25, 0.3) is 0 Å². The highest BCUT2D eigenvalue weighted by Gasteiger charge is 2.42. The van der Waals surface area contributed by atoms with E-state index < -0.39 is 9.05 Å². The molecule has 0 amide bonds. The van der Waals surface area contributed by atoms with Gasteiger partial charge in [0.05, 0.1) is 0 Å². The van der Waals surface area contributed by atoms with E-state index in [1.54, 1.807) is 0 Å². The van der Waals surface area contributed by atoms with Gasteiger partial charge in [-0.1, -0.05) is 32.9 Å². The van der Waals surface area contributed by atoms with E-state index >= 15 is 0 Å². The van der Waals surface area contributed by atoms with Crippen molar-refractivity contribution in [1.82, 2.24) is 5.16 Å². The van der Waals surface area contributed by atoms with Gasteiger partial charge in [0.2, 0.25) is 9.05 Å². The SMILES string of the molecule is CC1(C)Cc2onc(CS(=O)(=O)Cl)c2C(C)(C)C1. The zero-order valence-electron chi connectivity index (χ0n) is 11.1. The predicted molar refractivity (Wildman–Crippen MR) is 70.1 cm³/mol. The Morgan fingerprint density at radius 2 is 1.94 bits per heavy atom. The molecule has 0 spiro atoms. The summed E-state index contributed by atoms with van der Waals surface area (Å²) in [5.74, 6) is 0.531. The van der Waals surface area contributed by atoms with Crippen molar-refractivity contribution < 1.29 is 12.9 Å². The van der Waals surface area contributed by atoms with Crippen LogP contribution in [0.2, 0.25) is 0 Å². The first kappa shape index (κ1) is 13.9. The summed E-state index contributed by atoms with van der Waals surface area (Å²) < 4.78 is 27.7. The quantitative estimate of drug-likeness (QED) is 0.786. The van der Waals surface area contributed by atoms with Crippen LogP contribution in [-0.2, 0) is 26.6 Å². The Labute approximate surface area is 112 Å². The number of hydrogen-bond acceptors (Lipinski definition) is 4. The molecule has 102 valence electrons. The first-order valence-electron chi connectivity index (χ1n) is 5.90. The minimum Gasteiger partial charge on any atom is -0.361 e. The number of fused-ring (bicyclic) bond motifs is 1. The molecule has 1 aromatic heterocycles. The fourth-order valence-corrected chi connectivity index (χ4v) is 4.13. The summed E-state index contributed by atoms with van der Waals surface area (Å²) in [7, 11) is 1.70. The van der Waals surface area contributed by atoms with Gasteiger partial charge in [0.1, 0.15) is 17.2 Å². The molecule has 0 bridgehead atoms. The maximum Gasteiger partial charge on any atom is 0.238 e. The van der Waals surface area contributed by atoms with Crippen molar-refractivity contribution in [3.63, 3.8) is 0 Å². The number of rotatable bonds is 2. The molecule has 0 atom stereocenters. The molecule has 0 saturated heterocycles. The maximum absolute atomic E-state index is 11.2. The van der Waals surface area contributed by atoms with E-state index in [1.165, 1.54) is 0 Å². The van der Waals surface area contributed by atoms with Gasteiger partial charge in [-0.25, -0.2) is 8.42 Å². The van der Waals surface area contributed by atoms with Crippen LogP contribution >= 0.6 is 10.7 Å². The summed E-state index contributed by atoms with van der Waals surface area (Å²) in [5.41, 5.74) is 1.37. The van der Waals surface area contributed by atoms with Crippen molar-refractivity contribution >= 4 is 19.7 Å². The Morgan fingerprint density at radius 1 is 1.33 bits per heavy atom. The molecule has 0 aromatic carbocycles. The average molecular weight is 292 g/mol. The van der Waals surface area contributed by atoms with Crippen molar-refractivity contribution in [2.75, 3.05) is 0 Å². The lowest BCUT2D eigenvalue weighted by Gasteiger charge is -2.39. The smallest absolute Gasteiger partial charge is 0.238 e. The van der Waals surface area contributed by atoms with Gasteiger partial charge in [-0.15, -0.1) is 0 Å². The molecule has 18 heavy (non-hydrogen) atoms. The minimum absolute atomic E-state index is 0.132. The zero-order valence-corrected chi connectivity index (χ0v) is 12.7. The number of halogens is 1. The minimum atomic E-state index is -3.61. The lowest BCUT2D eigenvalue weighted by Crippen LogP contribution is -2.34. The summed E-state index contributed by atoms with van der Waals surface area (Å²) in [6.45, 7) is 8.54. The summed E-state index contributed by atoms with van der Waals surface area (Å²) in [6.07, 6.45) is 1.74. The Balaban J connectivity index is 2.50.